The smallest absolute Gasteiger partial charge is 0.0771 e. The van der Waals surface area contributed by atoms with Crippen molar-refractivity contribution in [2.75, 3.05) is 13.7 Å². The molecule has 0 radical (unpaired) electrons. The zero-order valence-electron chi connectivity index (χ0n) is 14.1. The first-order chi connectivity index (χ1) is 10.2. The molecule has 0 aromatic carbocycles. The summed E-state index contributed by atoms with van der Waals surface area (Å²) < 4.78 is 8.13. The Morgan fingerprint density at radius 2 is 2.10 bits per heavy atom. The predicted octanol–water partition coefficient (Wildman–Crippen LogP) is 3.25. The molecule has 1 saturated heterocycles. The third-order valence-corrected chi connectivity index (χ3v) is 4.60. The lowest BCUT2D eigenvalue weighted by Crippen LogP contribution is -2.26. The molecule has 2 unspecified atom stereocenters. The Morgan fingerprint density at radius 3 is 2.62 bits per heavy atom. The Balaban J connectivity index is 2.28. The van der Waals surface area contributed by atoms with E-state index in [4.69, 9.17) is 9.84 Å². The van der Waals surface area contributed by atoms with E-state index in [1.54, 1.807) is 0 Å². The van der Waals surface area contributed by atoms with E-state index in [9.17, 15) is 0 Å². The number of hydrogen-bond donors (Lipinski definition) is 1. The van der Waals surface area contributed by atoms with Crippen LogP contribution in [0.1, 0.15) is 69.4 Å². The van der Waals surface area contributed by atoms with Crippen molar-refractivity contribution >= 4 is 0 Å². The normalized spacial score (nSPS) is 20.7. The van der Waals surface area contributed by atoms with Gasteiger partial charge in [-0.2, -0.15) is 5.10 Å². The van der Waals surface area contributed by atoms with E-state index in [0.717, 1.165) is 32.4 Å². The number of nitrogens with one attached hydrogen (secondary N) is 1. The molecule has 21 heavy (non-hydrogen) atoms. The van der Waals surface area contributed by atoms with Crippen molar-refractivity contribution < 1.29 is 4.74 Å². The van der Waals surface area contributed by atoms with Crippen molar-refractivity contribution in [1.29, 1.82) is 0 Å². The lowest BCUT2D eigenvalue weighted by molar-refractivity contribution is 0.00347. The van der Waals surface area contributed by atoms with Gasteiger partial charge in [0.25, 0.3) is 0 Å². The molecular weight excluding hydrogens is 262 g/mol. The summed E-state index contributed by atoms with van der Waals surface area (Å²) >= 11 is 0. The molecule has 4 nitrogen and oxygen atoms in total. The predicted molar refractivity (Wildman–Crippen MR) is 86.7 cm³/mol. The summed E-state index contributed by atoms with van der Waals surface area (Å²) in [5.41, 5.74) is 4.08. The summed E-state index contributed by atoms with van der Waals surface area (Å²) in [6.45, 7) is 8.50. The average Bonchev–Trinajstić information content (AvgIpc) is 2.87. The standard InChI is InChI=1S/C17H31N3O/c1-5-14(18-4)17-15(6-2)19-20(16(17)7-3)12-13-10-8-9-11-21-13/h13-14,18H,5-12H2,1-4H3. The van der Waals surface area contributed by atoms with Gasteiger partial charge in [-0.25, -0.2) is 0 Å². The molecule has 1 fully saturated rings. The van der Waals surface area contributed by atoms with Gasteiger partial charge in [0.2, 0.25) is 0 Å². The molecule has 4 heteroatoms. The van der Waals surface area contributed by atoms with Gasteiger partial charge in [0.15, 0.2) is 0 Å². The maximum atomic E-state index is 5.90. The molecule has 1 aromatic rings. The lowest BCUT2D eigenvalue weighted by atomic mass is 9.99. The molecular formula is C17H31N3O. The molecule has 0 amide bonds. The van der Waals surface area contributed by atoms with Crippen molar-refractivity contribution in [2.24, 2.45) is 0 Å². The van der Waals surface area contributed by atoms with Gasteiger partial charge in [0.1, 0.15) is 0 Å². The fourth-order valence-corrected chi connectivity index (χ4v) is 3.45. The van der Waals surface area contributed by atoms with Crippen LogP contribution in [0.15, 0.2) is 0 Å². The molecule has 2 atom stereocenters. The molecule has 0 spiro atoms. The maximum absolute atomic E-state index is 5.90. The number of rotatable bonds is 7. The lowest BCUT2D eigenvalue weighted by Gasteiger charge is -2.23. The zero-order chi connectivity index (χ0) is 15.2. The fraction of sp³-hybridized carbons (Fsp3) is 0.824. The van der Waals surface area contributed by atoms with Crippen LogP contribution in [0.4, 0.5) is 0 Å². The second kappa shape index (κ2) is 7.95. The van der Waals surface area contributed by atoms with Crippen molar-refractivity contribution in [3.05, 3.63) is 17.0 Å². The summed E-state index contributed by atoms with van der Waals surface area (Å²) in [4.78, 5) is 0. The highest BCUT2D eigenvalue weighted by atomic mass is 16.5. The molecule has 0 bridgehead atoms. The third kappa shape index (κ3) is 3.67. The van der Waals surface area contributed by atoms with Gasteiger partial charge in [0.05, 0.1) is 18.3 Å². The van der Waals surface area contributed by atoms with Crippen molar-refractivity contribution in [2.45, 2.75) is 78.0 Å². The SMILES string of the molecule is CCc1nn(CC2CCCCO2)c(CC)c1C(CC)NC. The van der Waals surface area contributed by atoms with Crippen molar-refractivity contribution in [1.82, 2.24) is 15.1 Å². The second-order valence-corrected chi connectivity index (χ2v) is 5.93. The minimum atomic E-state index is 0.344. The van der Waals surface area contributed by atoms with E-state index in [1.807, 2.05) is 0 Å². The van der Waals surface area contributed by atoms with Crippen LogP contribution in [0.3, 0.4) is 0 Å². The Kier molecular flexibility index (Phi) is 6.24. The molecule has 2 heterocycles. The van der Waals surface area contributed by atoms with Crippen LogP contribution in [0.2, 0.25) is 0 Å². The summed E-state index contributed by atoms with van der Waals surface area (Å²) in [5.74, 6) is 0. The molecule has 0 saturated carbocycles. The first kappa shape index (κ1) is 16.5. The summed E-state index contributed by atoms with van der Waals surface area (Å²) in [6, 6.07) is 0.413. The van der Waals surface area contributed by atoms with Gasteiger partial charge in [0, 0.05) is 23.9 Å². The molecule has 1 aliphatic heterocycles. The highest BCUT2D eigenvalue weighted by molar-refractivity contribution is 5.30. The molecule has 2 rings (SSSR count). The summed E-state index contributed by atoms with van der Waals surface area (Å²) in [5, 5.41) is 8.36. The second-order valence-electron chi connectivity index (χ2n) is 5.93. The van der Waals surface area contributed by atoms with E-state index in [-0.39, 0.29) is 0 Å². The van der Waals surface area contributed by atoms with E-state index in [2.05, 4.69) is 37.8 Å². The summed E-state index contributed by atoms with van der Waals surface area (Å²) in [7, 11) is 2.05. The monoisotopic (exact) mass is 293 g/mol. The third-order valence-electron chi connectivity index (χ3n) is 4.60. The van der Waals surface area contributed by atoms with Crippen molar-refractivity contribution in [3.63, 3.8) is 0 Å². The largest absolute Gasteiger partial charge is 0.376 e. The van der Waals surface area contributed by atoms with Gasteiger partial charge in [-0.3, -0.25) is 4.68 Å². The van der Waals surface area contributed by atoms with E-state index < -0.39 is 0 Å². The maximum Gasteiger partial charge on any atom is 0.0771 e. The van der Waals surface area contributed by atoms with Gasteiger partial charge in [-0.05, 0) is 45.6 Å². The number of aromatic nitrogens is 2. The van der Waals surface area contributed by atoms with E-state index >= 15 is 0 Å². The van der Waals surface area contributed by atoms with Crippen LogP contribution in [0.5, 0.6) is 0 Å². The highest BCUT2D eigenvalue weighted by Gasteiger charge is 2.23. The Bertz CT molecular complexity index is 431. The number of nitrogens with zero attached hydrogens (tertiary/aromatic N) is 2. The van der Waals surface area contributed by atoms with Gasteiger partial charge in [-0.1, -0.05) is 20.8 Å². The number of hydrogen-bond acceptors (Lipinski definition) is 3. The summed E-state index contributed by atoms with van der Waals surface area (Å²) in [6.07, 6.45) is 7.14. The average molecular weight is 293 g/mol. The van der Waals surface area contributed by atoms with Crippen LogP contribution < -0.4 is 5.32 Å². The molecule has 1 aliphatic rings. The quantitative estimate of drug-likeness (QED) is 0.839. The Hall–Kier alpha value is -0.870. The van der Waals surface area contributed by atoms with Crippen LogP contribution >= 0.6 is 0 Å². The van der Waals surface area contributed by atoms with Gasteiger partial charge in [-0.15, -0.1) is 0 Å². The number of ether oxygens (including phenoxy) is 1. The first-order valence-electron chi connectivity index (χ1n) is 8.62. The molecule has 0 aliphatic carbocycles. The van der Waals surface area contributed by atoms with Gasteiger partial charge < -0.3 is 10.1 Å². The first-order valence-corrected chi connectivity index (χ1v) is 8.62. The number of aryl methyl sites for hydroxylation is 1. The Labute approximate surface area is 129 Å². The van der Waals surface area contributed by atoms with Crippen molar-refractivity contribution in [3.8, 4) is 0 Å². The van der Waals surface area contributed by atoms with Crippen LogP contribution in [0.25, 0.3) is 0 Å². The zero-order valence-corrected chi connectivity index (χ0v) is 14.1. The minimum absolute atomic E-state index is 0.344. The van der Waals surface area contributed by atoms with E-state index in [1.165, 1.54) is 36.2 Å². The molecule has 1 aromatic heterocycles. The molecule has 120 valence electrons. The molecule has 1 N–H and O–H groups in total. The van der Waals surface area contributed by atoms with Crippen LogP contribution in [-0.4, -0.2) is 29.5 Å². The topological polar surface area (TPSA) is 39.1 Å². The minimum Gasteiger partial charge on any atom is -0.376 e. The highest BCUT2D eigenvalue weighted by Crippen LogP contribution is 2.27. The van der Waals surface area contributed by atoms with Gasteiger partial charge >= 0.3 is 0 Å². The van der Waals surface area contributed by atoms with Crippen LogP contribution in [-0.2, 0) is 24.1 Å². The van der Waals surface area contributed by atoms with E-state index in [0.29, 0.717) is 12.1 Å². The van der Waals surface area contributed by atoms with Crippen LogP contribution in [0, 0.1) is 0 Å². The fourth-order valence-electron chi connectivity index (χ4n) is 3.45. The Morgan fingerprint density at radius 1 is 1.29 bits per heavy atom.